The normalized spacial score (nSPS) is 20.2. The number of hydrogen-bond acceptors (Lipinski definition) is 4. The van der Waals surface area contributed by atoms with Crippen LogP contribution in [0.25, 0.3) is 0 Å². The van der Waals surface area contributed by atoms with Gasteiger partial charge in [0.05, 0.1) is 5.69 Å². The number of aliphatic hydroxyl groups is 1. The quantitative estimate of drug-likeness (QED) is 0.835. The Labute approximate surface area is 120 Å². The summed E-state index contributed by atoms with van der Waals surface area (Å²) in [7, 11) is -3.45. The summed E-state index contributed by atoms with van der Waals surface area (Å²) in [6.45, 7) is 3.78. The summed E-state index contributed by atoms with van der Waals surface area (Å²) in [5.41, 5.74) is 0.653. The van der Waals surface area contributed by atoms with Gasteiger partial charge in [-0.05, 0) is 37.8 Å². The second-order valence-electron chi connectivity index (χ2n) is 5.06. The first-order valence-corrected chi connectivity index (χ1v) is 8.47. The maximum atomic E-state index is 12.7. The lowest BCUT2D eigenvalue weighted by atomic mass is 10.1. The van der Waals surface area contributed by atoms with Crippen molar-refractivity contribution in [3.63, 3.8) is 0 Å². The molecule has 0 saturated carbocycles. The molecule has 0 aromatic heterocycles. The van der Waals surface area contributed by atoms with Gasteiger partial charge in [-0.3, -0.25) is 0 Å². The molecule has 1 atom stereocenters. The molecule has 1 heterocycles. The van der Waals surface area contributed by atoms with Gasteiger partial charge in [0.15, 0.2) is 0 Å². The highest BCUT2D eigenvalue weighted by atomic mass is 32.2. The van der Waals surface area contributed by atoms with Gasteiger partial charge in [0.1, 0.15) is 4.90 Å². The Bertz CT molecular complexity index is 545. The highest BCUT2D eigenvalue weighted by Crippen LogP contribution is 2.29. The molecule has 0 amide bonds. The highest BCUT2D eigenvalue weighted by Gasteiger charge is 2.33. The molecule has 112 valence electrons. The van der Waals surface area contributed by atoms with E-state index in [0.717, 1.165) is 6.42 Å². The van der Waals surface area contributed by atoms with E-state index in [9.17, 15) is 8.42 Å². The minimum absolute atomic E-state index is 0.118. The first kappa shape index (κ1) is 15.3. The van der Waals surface area contributed by atoms with Gasteiger partial charge in [-0.1, -0.05) is 12.1 Å². The fraction of sp³-hybridized carbons (Fsp3) is 0.571. The van der Waals surface area contributed by atoms with Crippen molar-refractivity contribution in [2.24, 2.45) is 5.92 Å². The van der Waals surface area contributed by atoms with Crippen molar-refractivity contribution < 1.29 is 13.5 Å². The number of nitrogens with one attached hydrogen (secondary N) is 1. The SMILES string of the molecule is CCNc1ccccc1S(=O)(=O)N1CCC(CCO)C1. The Morgan fingerprint density at radius 2 is 2.15 bits per heavy atom. The Morgan fingerprint density at radius 3 is 2.85 bits per heavy atom. The number of hydrogen-bond donors (Lipinski definition) is 2. The van der Waals surface area contributed by atoms with Gasteiger partial charge >= 0.3 is 0 Å². The summed E-state index contributed by atoms with van der Waals surface area (Å²) in [5, 5.41) is 12.1. The van der Waals surface area contributed by atoms with Crippen molar-refractivity contribution in [3.05, 3.63) is 24.3 Å². The van der Waals surface area contributed by atoms with E-state index in [1.807, 2.05) is 13.0 Å². The van der Waals surface area contributed by atoms with Crippen LogP contribution in [-0.2, 0) is 10.0 Å². The number of aliphatic hydroxyl groups excluding tert-OH is 1. The van der Waals surface area contributed by atoms with Gasteiger partial charge < -0.3 is 10.4 Å². The fourth-order valence-electron chi connectivity index (χ4n) is 2.60. The molecule has 0 aliphatic carbocycles. The van der Waals surface area contributed by atoms with Crippen LogP contribution in [0.3, 0.4) is 0 Å². The van der Waals surface area contributed by atoms with E-state index in [0.29, 0.717) is 36.6 Å². The van der Waals surface area contributed by atoms with Crippen LogP contribution < -0.4 is 5.32 Å². The van der Waals surface area contributed by atoms with Gasteiger partial charge in [0.25, 0.3) is 0 Å². The van der Waals surface area contributed by atoms with Crippen molar-refractivity contribution in [2.75, 3.05) is 31.6 Å². The van der Waals surface area contributed by atoms with Crippen LogP contribution in [0.2, 0.25) is 0 Å². The number of sulfonamides is 1. The molecule has 1 aliphatic rings. The summed E-state index contributed by atoms with van der Waals surface area (Å²) in [6, 6.07) is 7.01. The molecule has 6 heteroatoms. The third-order valence-corrected chi connectivity index (χ3v) is 5.58. The maximum absolute atomic E-state index is 12.7. The largest absolute Gasteiger partial charge is 0.396 e. The second kappa shape index (κ2) is 6.56. The summed E-state index contributed by atoms with van der Waals surface area (Å²) in [6.07, 6.45) is 1.49. The molecule has 1 saturated heterocycles. The summed E-state index contributed by atoms with van der Waals surface area (Å²) >= 11 is 0. The van der Waals surface area contributed by atoms with Crippen LogP contribution >= 0.6 is 0 Å². The van der Waals surface area contributed by atoms with Crippen molar-refractivity contribution in [2.45, 2.75) is 24.7 Å². The predicted molar refractivity (Wildman–Crippen MR) is 79.2 cm³/mol. The smallest absolute Gasteiger partial charge is 0.245 e. The lowest BCUT2D eigenvalue weighted by molar-refractivity contribution is 0.259. The van der Waals surface area contributed by atoms with E-state index in [1.165, 1.54) is 4.31 Å². The molecule has 1 unspecified atom stereocenters. The molecular weight excluding hydrogens is 276 g/mol. The molecule has 1 fully saturated rings. The Morgan fingerprint density at radius 1 is 1.40 bits per heavy atom. The highest BCUT2D eigenvalue weighted by molar-refractivity contribution is 7.89. The zero-order valence-electron chi connectivity index (χ0n) is 11.7. The van der Waals surface area contributed by atoms with Crippen molar-refractivity contribution in [1.82, 2.24) is 4.31 Å². The fourth-order valence-corrected chi connectivity index (χ4v) is 4.30. The summed E-state index contributed by atoms with van der Waals surface area (Å²) < 4.78 is 26.9. The van der Waals surface area contributed by atoms with Crippen LogP contribution in [0.5, 0.6) is 0 Å². The minimum Gasteiger partial charge on any atom is -0.396 e. The zero-order valence-corrected chi connectivity index (χ0v) is 12.6. The van der Waals surface area contributed by atoms with Gasteiger partial charge in [0.2, 0.25) is 10.0 Å². The molecule has 20 heavy (non-hydrogen) atoms. The van der Waals surface area contributed by atoms with E-state index in [2.05, 4.69) is 5.32 Å². The Hall–Kier alpha value is -1.11. The standard InChI is InChI=1S/C14H22N2O3S/c1-2-15-13-5-3-4-6-14(13)20(18,19)16-9-7-12(11-16)8-10-17/h3-6,12,15,17H,2,7-11H2,1H3. The number of para-hydroxylation sites is 1. The second-order valence-corrected chi connectivity index (χ2v) is 6.96. The lowest BCUT2D eigenvalue weighted by Crippen LogP contribution is -2.29. The van der Waals surface area contributed by atoms with Crippen molar-refractivity contribution in [3.8, 4) is 0 Å². The first-order valence-electron chi connectivity index (χ1n) is 7.03. The Kier molecular flexibility index (Phi) is 5.01. The monoisotopic (exact) mass is 298 g/mol. The molecular formula is C14H22N2O3S. The predicted octanol–water partition coefficient (Wildman–Crippen LogP) is 1.51. The zero-order chi connectivity index (χ0) is 14.6. The van der Waals surface area contributed by atoms with Crippen molar-refractivity contribution in [1.29, 1.82) is 0 Å². The van der Waals surface area contributed by atoms with Gasteiger partial charge in [-0.25, -0.2) is 8.42 Å². The average molecular weight is 298 g/mol. The van der Waals surface area contributed by atoms with Crippen LogP contribution in [-0.4, -0.2) is 44.1 Å². The van der Waals surface area contributed by atoms with E-state index in [-0.39, 0.29) is 12.5 Å². The summed E-state index contributed by atoms with van der Waals surface area (Å²) in [4.78, 5) is 0.339. The van der Waals surface area contributed by atoms with E-state index < -0.39 is 10.0 Å². The third kappa shape index (κ3) is 3.13. The number of nitrogens with zero attached hydrogens (tertiary/aromatic N) is 1. The van der Waals surface area contributed by atoms with Gasteiger partial charge in [-0.2, -0.15) is 4.31 Å². The molecule has 0 radical (unpaired) electrons. The van der Waals surface area contributed by atoms with Gasteiger partial charge in [-0.15, -0.1) is 0 Å². The van der Waals surface area contributed by atoms with E-state index >= 15 is 0 Å². The third-order valence-electron chi connectivity index (χ3n) is 3.66. The molecule has 1 aromatic carbocycles. The van der Waals surface area contributed by atoms with E-state index in [4.69, 9.17) is 5.11 Å². The average Bonchev–Trinajstić information content (AvgIpc) is 2.89. The molecule has 0 bridgehead atoms. The molecule has 1 aliphatic heterocycles. The Balaban J connectivity index is 2.23. The number of benzene rings is 1. The molecule has 2 rings (SSSR count). The number of rotatable bonds is 6. The van der Waals surface area contributed by atoms with Gasteiger partial charge in [0, 0.05) is 26.2 Å². The van der Waals surface area contributed by atoms with E-state index in [1.54, 1.807) is 18.2 Å². The molecule has 1 aromatic rings. The van der Waals surface area contributed by atoms with Crippen LogP contribution in [0.4, 0.5) is 5.69 Å². The molecule has 2 N–H and O–H groups in total. The minimum atomic E-state index is -3.45. The topological polar surface area (TPSA) is 69.6 Å². The molecule has 0 spiro atoms. The lowest BCUT2D eigenvalue weighted by Gasteiger charge is -2.19. The van der Waals surface area contributed by atoms with Crippen molar-refractivity contribution >= 4 is 15.7 Å². The van der Waals surface area contributed by atoms with Crippen LogP contribution in [0, 0.1) is 5.92 Å². The van der Waals surface area contributed by atoms with Crippen LogP contribution in [0.1, 0.15) is 19.8 Å². The number of anilines is 1. The molecule has 5 nitrogen and oxygen atoms in total. The maximum Gasteiger partial charge on any atom is 0.245 e. The first-order chi connectivity index (χ1) is 9.59. The summed E-state index contributed by atoms with van der Waals surface area (Å²) in [5.74, 6) is 0.265. The van der Waals surface area contributed by atoms with Crippen LogP contribution in [0.15, 0.2) is 29.2 Å².